The van der Waals surface area contributed by atoms with Crippen LogP contribution in [0.4, 0.5) is 0 Å². The topological polar surface area (TPSA) is 26.3 Å². The minimum absolute atomic E-state index is 0.0757. The lowest BCUT2D eigenvalue weighted by Crippen LogP contribution is -2.23. The summed E-state index contributed by atoms with van der Waals surface area (Å²) < 4.78 is 5.46. The van der Waals surface area contributed by atoms with Crippen molar-refractivity contribution < 1.29 is 9.53 Å². The number of rotatable bonds is 3. The van der Waals surface area contributed by atoms with Crippen LogP contribution < -0.4 is 0 Å². The van der Waals surface area contributed by atoms with E-state index in [4.69, 9.17) is 4.74 Å². The van der Waals surface area contributed by atoms with E-state index in [0.29, 0.717) is 0 Å². The summed E-state index contributed by atoms with van der Waals surface area (Å²) in [5.41, 5.74) is 0.552. The molecule has 1 heterocycles. The number of carbonyl (C=O) groups excluding carboxylic acids is 1. The molecule has 0 N–H and O–H groups in total. The van der Waals surface area contributed by atoms with Crippen molar-refractivity contribution in [3.05, 3.63) is 21.4 Å². The van der Waals surface area contributed by atoms with Crippen LogP contribution >= 0.6 is 11.3 Å². The fourth-order valence-electron chi connectivity index (χ4n) is 1.27. The molecule has 1 aromatic rings. The van der Waals surface area contributed by atoms with E-state index in [1.807, 2.05) is 40.7 Å². The molecule has 3 heteroatoms. The lowest BCUT2D eigenvalue weighted by Gasteiger charge is -2.18. The van der Waals surface area contributed by atoms with E-state index in [1.54, 1.807) is 11.3 Å². The van der Waals surface area contributed by atoms with Crippen LogP contribution in [0, 0.1) is 13.8 Å². The molecule has 0 fully saturated rings. The van der Waals surface area contributed by atoms with Gasteiger partial charge in [0.2, 0.25) is 0 Å². The van der Waals surface area contributed by atoms with E-state index in [2.05, 4.69) is 0 Å². The zero-order chi connectivity index (χ0) is 11.6. The Morgan fingerprint density at radius 3 is 2.40 bits per heavy atom. The number of ketones is 1. The summed E-state index contributed by atoms with van der Waals surface area (Å²) in [6.45, 7) is 10.0. The minimum atomic E-state index is -0.255. The van der Waals surface area contributed by atoms with Crippen LogP contribution in [0.1, 0.15) is 40.9 Å². The van der Waals surface area contributed by atoms with Crippen LogP contribution in [0.2, 0.25) is 0 Å². The van der Waals surface area contributed by atoms with Gasteiger partial charge in [0.15, 0.2) is 5.78 Å². The molecule has 0 bridgehead atoms. The quantitative estimate of drug-likeness (QED) is 0.739. The predicted octanol–water partition coefficient (Wildman–Crippen LogP) is 3.36. The summed E-state index contributed by atoms with van der Waals surface area (Å²) in [7, 11) is 0. The van der Waals surface area contributed by atoms with Gasteiger partial charge in [0.25, 0.3) is 0 Å². The lowest BCUT2D eigenvalue weighted by molar-refractivity contribution is 0.00306. The third-order valence-corrected chi connectivity index (χ3v) is 2.94. The van der Waals surface area contributed by atoms with E-state index < -0.39 is 0 Å². The molecule has 84 valence electrons. The highest BCUT2D eigenvalue weighted by atomic mass is 32.1. The third kappa shape index (κ3) is 3.76. The Morgan fingerprint density at radius 1 is 1.40 bits per heavy atom. The molecule has 0 aliphatic rings. The maximum absolute atomic E-state index is 11.8. The summed E-state index contributed by atoms with van der Waals surface area (Å²) in [6.07, 6.45) is 0. The van der Waals surface area contributed by atoms with Gasteiger partial charge in [-0.3, -0.25) is 4.79 Å². The van der Waals surface area contributed by atoms with E-state index in [0.717, 1.165) is 10.4 Å². The average Bonchev–Trinajstić information content (AvgIpc) is 2.40. The molecule has 0 unspecified atom stereocenters. The Hall–Kier alpha value is -0.670. The monoisotopic (exact) mass is 226 g/mol. The maximum Gasteiger partial charge on any atom is 0.189 e. The Morgan fingerprint density at radius 2 is 2.00 bits per heavy atom. The van der Waals surface area contributed by atoms with E-state index in [1.165, 1.54) is 4.88 Å². The first kappa shape index (κ1) is 12.4. The molecule has 2 nitrogen and oxygen atoms in total. The zero-order valence-corrected chi connectivity index (χ0v) is 10.8. The molecule has 0 amide bonds. The second-order valence-electron chi connectivity index (χ2n) is 4.65. The van der Waals surface area contributed by atoms with Crippen LogP contribution in [-0.2, 0) is 4.74 Å². The SMILES string of the molecule is Cc1cc(C(=O)COC(C)(C)C)c(C)s1. The Balaban J connectivity index is 2.66. The smallest absolute Gasteiger partial charge is 0.189 e. The highest BCUT2D eigenvalue weighted by Crippen LogP contribution is 2.21. The largest absolute Gasteiger partial charge is 0.368 e. The molecule has 0 atom stereocenters. The molecular formula is C12H18O2S. The van der Waals surface area contributed by atoms with Crippen molar-refractivity contribution in [2.75, 3.05) is 6.61 Å². The van der Waals surface area contributed by atoms with Crippen molar-refractivity contribution in [3.63, 3.8) is 0 Å². The molecule has 0 aliphatic carbocycles. The minimum Gasteiger partial charge on any atom is -0.368 e. The number of ether oxygens (including phenoxy) is 1. The molecule has 0 radical (unpaired) electrons. The zero-order valence-electron chi connectivity index (χ0n) is 10.0. The van der Waals surface area contributed by atoms with Crippen molar-refractivity contribution in [1.82, 2.24) is 0 Å². The first-order chi connectivity index (χ1) is 6.79. The summed E-state index contributed by atoms with van der Waals surface area (Å²) in [4.78, 5) is 14.1. The molecule has 0 aromatic carbocycles. The lowest BCUT2D eigenvalue weighted by atomic mass is 10.1. The normalized spacial score (nSPS) is 11.8. The van der Waals surface area contributed by atoms with Gasteiger partial charge in [0.05, 0.1) is 5.60 Å². The van der Waals surface area contributed by atoms with Gasteiger partial charge in [-0.2, -0.15) is 0 Å². The summed E-state index contributed by atoms with van der Waals surface area (Å²) in [5.74, 6) is 0.0757. The highest BCUT2D eigenvalue weighted by molar-refractivity contribution is 7.12. The van der Waals surface area contributed by atoms with Gasteiger partial charge in [-0.1, -0.05) is 0 Å². The number of hydrogen-bond donors (Lipinski definition) is 0. The number of carbonyl (C=O) groups is 1. The number of aryl methyl sites for hydroxylation is 2. The van der Waals surface area contributed by atoms with Crippen LogP contribution in [0.3, 0.4) is 0 Å². The second-order valence-corrected chi connectivity index (χ2v) is 6.11. The van der Waals surface area contributed by atoms with Crippen molar-refractivity contribution >= 4 is 17.1 Å². The first-order valence-corrected chi connectivity index (χ1v) is 5.85. The Labute approximate surface area is 95.3 Å². The van der Waals surface area contributed by atoms with E-state index >= 15 is 0 Å². The number of thiophene rings is 1. The highest BCUT2D eigenvalue weighted by Gasteiger charge is 2.16. The van der Waals surface area contributed by atoms with Gasteiger partial charge in [-0.05, 0) is 40.7 Å². The molecule has 0 saturated carbocycles. The molecule has 0 spiro atoms. The summed E-state index contributed by atoms with van der Waals surface area (Å²) in [6, 6.07) is 1.94. The molecule has 15 heavy (non-hydrogen) atoms. The van der Waals surface area contributed by atoms with Crippen molar-refractivity contribution in [2.45, 2.75) is 40.2 Å². The van der Waals surface area contributed by atoms with Crippen molar-refractivity contribution in [2.24, 2.45) is 0 Å². The summed E-state index contributed by atoms with van der Waals surface area (Å²) >= 11 is 1.65. The van der Waals surface area contributed by atoms with Gasteiger partial charge in [-0.25, -0.2) is 0 Å². The van der Waals surface area contributed by atoms with Gasteiger partial charge in [0, 0.05) is 15.3 Å². The van der Waals surface area contributed by atoms with Crippen LogP contribution in [0.25, 0.3) is 0 Å². The molecule has 1 aromatic heterocycles. The predicted molar refractivity (Wildman–Crippen MR) is 63.8 cm³/mol. The number of hydrogen-bond acceptors (Lipinski definition) is 3. The van der Waals surface area contributed by atoms with Gasteiger partial charge in [0.1, 0.15) is 6.61 Å². The average molecular weight is 226 g/mol. The molecule has 0 aliphatic heterocycles. The van der Waals surface area contributed by atoms with E-state index in [9.17, 15) is 4.79 Å². The fourth-order valence-corrected chi connectivity index (χ4v) is 2.21. The molecular weight excluding hydrogens is 208 g/mol. The van der Waals surface area contributed by atoms with Crippen molar-refractivity contribution in [3.8, 4) is 0 Å². The van der Waals surface area contributed by atoms with Gasteiger partial charge in [-0.15, -0.1) is 11.3 Å². The Kier molecular flexibility index (Phi) is 3.68. The summed E-state index contributed by atoms with van der Waals surface area (Å²) in [5, 5.41) is 0. The fraction of sp³-hybridized carbons (Fsp3) is 0.583. The van der Waals surface area contributed by atoms with Gasteiger partial charge < -0.3 is 4.74 Å². The number of Topliss-reactive ketones (excluding diaryl/α,β-unsaturated/α-hetero) is 1. The second kappa shape index (κ2) is 4.45. The first-order valence-electron chi connectivity index (χ1n) is 5.04. The van der Waals surface area contributed by atoms with Crippen LogP contribution in [0.15, 0.2) is 6.07 Å². The van der Waals surface area contributed by atoms with E-state index in [-0.39, 0.29) is 18.0 Å². The van der Waals surface area contributed by atoms with Crippen LogP contribution in [0.5, 0.6) is 0 Å². The van der Waals surface area contributed by atoms with Gasteiger partial charge >= 0.3 is 0 Å². The molecule has 0 saturated heterocycles. The Bertz CT molecular complexity index is 358. The van der Waals surface area contributed by atoms with Crippen molar-refractivity contribution in [1.29, 1.82) is 0 Å². The third-order valence-electron chi connectivity index (χ3n) is 1.98. The van der Waals surface area contributed by atoms with Crippen LogP contribution in [-0.4, -0.2) is 18.0 Å². The molecule has 1 rings (SSSR count). The maximum atomic E-state index is 11.8. The standard InChI is InChI=1S/C12H18O2S/c1-8-6-10(9(2)15-8)11(13)7-14-12(3,4)5/h6H,7H2,1-5H3.